The van der Waals surface area contributed by atoms with E-state index < -0.39 is 0 Å². The molecule has 0 bridgehead atoms. The van der Waals surface area contributed by atoms with E-state index in [9.17, 15) is 0 Å². The molecule has 0 radical (unpaired) electrons. The van der Waals surface area contributed by atoms with Crippen molar-refractivity contribution in [1.29, 1.82) is 0 Å². The van der Waals surface area contributed by atoms with E-state index >= 15 is 0 Å². The molecule has 0 saturated carbocycles. The second-order valence-corrected chi connectivity index (χ2v) is 6.10. The van der Waals surface area contributed by atoms with Gasteiger partial charge in [0.05, 0.1) is 15.2 Å². The lowest BCUT2D eigenvalue weighted by atomic mass is 10.1. The number of benzene rings is 2. The van der Waals surface area contributed by atoms with E-state index in [2.05, 4.69) is 28.5 Å². The van der Waals surface area contributed by atoms with Crippen LogP contribution >= 0.6 is 22.9 Å². The Hall–Kier alpha value is -1.42. The third kappa shape index (κ3) is 1.86. The van der Waals surface area contributed by atoms with E-state index in [-0.39, 0.29) is 0 Å². The van der Waals surface area contributed by atoms with Crippen LogP contribution in [0.4, 0.5) is 0 Å². The molecule has 0 spiro atoms. The Balaban J connectivity index is 1.88. The maximum absolute atomic E-state index is 6.21. The van der Waals surface area contributed by atoms with Crippen LogP contribution in [0, 0.1) is 0 Å². The number of thiazole rings is 1. The molecule has 0 aliphatic carbocycles. The molecule has 2 nitrogen and oxygen atoms in total. The number of aromatic nitrogens is 1. The van der Waals surface area contributed by atoms with Gasteiger partial charge in [0.15, 0.2) is 0 Å². The first-order chi connectivity index (χ1) is 9.31. The fourth-order valence-electron chi connectivity index (χ4n) is 2.47. The minimum atomic E-state index is 0.782. The van der Waals surface area contributed by atoms with Crippen molar-refractivity contribution < 1.29 is 0 Å². The molecule has 19 heavy (non-hydrogen) atoms. The van der Waals surface area contributed by atoms with Gasteiger partial charge in [-0.3, -0.25) is 0 Å². The number of hydrogen-bond donors (Lipinski definition) is 1. The summed E-state index contributed by atoms with van der Waals surface area (Å²) in [5.41, 5.74) is 4.93. The first kappa shape index (κ1) is 11.4. The quantitative estimate of drug-likeness (QED) is 0.724. The second kappa shape index (κ2) is 4.30. The van der Waals surface area contributed by atoms with Crippen molar-refractivity contribution in [3.05, 3.63) is 52.5 Å². The lowest BCUT2D eigenvalue weighted by molar-refractivity contribution is 0.765. The summed E-state index contributed by atoms with van der Waals surface area (Å²) in [6.07, 6.45) is 0. The van der Waals surface area contributed by atoms with Crippen LogP contribution in [0.25, 0.3) is 20.8 Å². The number of nitrogens with zero attached hydrogens (tertiary/aromatic N) is 1. The molecular weight excluding hydrogens is 276 g/mol. The van der Waals surface area contributed by atoms with E-state index in [1.165, 1.54) is 16.7 Å². The largest absolute Gasteiger partial charge is 0.309 e. The van der Waals surface area contributed by atoms with Crippen LogP contribution in [0.2, 0.25) is 5.02 Å². The molecule has 0 unspecified atom stereocenters. The van der Waals surface area contributed by atoms with Gasteiger partial charge in [-0.05, 0) is 29.3 Å². The topological polar surface area (TPSA) is 24.9 Å². The van der Waals surface area contributed by atoms with Crippen LogP contribution in [0.5, 0.6) is 0 Å². The van der Waals surface area contributed by atoms with Gasteiger partial charge in [0.25, 0.3) is 0 Å². The molecule has 0 atom stereocenters. The zero-order valence-electron chi connectivity index (χ0n) is 10.1. The zero-order chi connectivity index (χ0) is 12.8. The van der Waals surface area contributed by atoms with Gasteiger partial charge in [0.2, 0.25) is 0 Å². The van der Waals surface area contributed by atoms with E-state index in [4.69, 9.17) is 11.6 Å². The van der Waals surface area contributed by atoms with E-state index in [1.54, 1.807) is 11.3 Å². The van der Waals surface area contributed by atoms with Crippen molar-refractivity contribution in [2.75, 3.05) is 0 Å². The zero-order valence-corrected chi connectivity index (χ0v) is 11.7. The Kier molecular flexibility index (Phi) is 2.58. The molecular formula is C15H11ClN2S. The van der Waals surface area contributed by atoms with Gasteiger partial charge in [-0.25, -0.2) is 4.98 Å². The number of nitrogens with one attached hydrogen (secondary N) is 1. The predicted molar refractivity (Wildman–Crippen MR) is 80.6 cm³/mol. The van der Waals surface area contributed by atoms with Crippen molar-refractivity contribution in [3.8, 4) is 10.6 Å². The molecule has 1 aromatic heterocycles. The third-order valence-corrected chi connectivity index (χ3v) is 5.03. The summed E-state index contributed by atoms with van der Waals surface area (Å²) in [7, 11) is 0. The van der Waals surface area contributed by atoms with Crippen LogP contribution < -0.4 is 5.32 Å². The fourth-order valence-corrected chi connectivity index (χ4v) is 3.72. The van der Waals surface area contributed by atoms with Gasteiger partial charge < -0.3 is 5.32 Å². The molecule has 0 amide bonds. The number of hydrogen-bond acceptors (Lipinski definition) is 3. The molecule has 94 valence electrons. The smallest absolute Gasteiger partial charge is 0.124 e. The Labute approximate surface area is 120 Å². The van der Waals surface area contributed by atoms with E-state index in [0.717, 1.165) is 33.3 Å². The van der Waals surface area contributed by atoms with Gasteiger partial charge in [-0.1, -0.05) is 29.8 Å². The molecule has 1 aliphatic rings. The van der Waals surface area contributed by atoms with E-state index in [1.807, 2.05) is 18.2 Å². The van der Waals surface area contributed by atoms with Crippen LogP contribution in [-0.2, 0) is 13.1 Å². The summed E-state index contributed by atoms with van der Waals surface area (Å²) in [5.74, 6) is 0. The maximum Gasteiger partial charge on any atom is 0.124 e. The lowest BCUT2D eigenvalue weighted by Gasteiger charge is -2.00. The molecule has 0 saturated heterocycles. The monoisotopic (exact) mass is 286 g/mol. The molecule has 0 fully saturated rings. The Morgan fingerprint density at radius 1 is 1.11 bits per heavy atom. The predicted octanol–water partition coefficient (Wildman–Crippen LogP) is 4.22. The van der Waals surface area contributed by atoms with Crippen molar-refractivity contribution in [3.63, 3.8) is 0 Å². The summed E-state index contributed by atoms with van der Waals surface area (Å²) in [4.78, 5) is 4.68. The SMILES string of the molecule is Clc1cccc2nc(-c3ccc4c(c3)CNC4)sc12. The second-order valence-electron chi connectivity index (χ2n) is 4.69. The molecule has 4 heteroatoms. The first-order valence-corrected chi connectivity index (χ1v) is 7.39. The van der Waals surface area contributed by atoms with Crippen molar-refractivity contribution in [2.45, 2.75) is 13.1 Å². The lowest BCUT2D eigenvalue weighted by Crippen LogP contribution is -1.99. The molecule has 1 N–H and O–H groups in total. The average Bonchev–Trinajstić information content (AvgIpc) is 3.04. The molecule has 4 rings (SSSR count). The maximum atomic E-state index is 6.21. The number of rotatable bonds is 1. The van der Waals surface area contributed by atoms with Crippen LogP contribution in [-0.4, -0.2) is 4.98 Å². The summed E-state index contributed by atoms with van der Waals surface area (Å²) < 4.78 is 1.07. The first-order valence-electron chi connectivity index (χ1n) is 6.19. The summed E-state index contributed by atoms with van der Waals surface area (Å²) in [6.45, 7) is 1.93. The molecule has 1 aliphatic heterocycles. The normalized spacial score (nSPS) is 13.9. The highest BCUT2D eigenvalue weighted by Crippen LogP contribution is 2.35. The van der Waals surface area contributed by atoms with E-state index in [0.29, 0.717) is 0 Å². The van der Waals surface area contributed by atoms with Gasteiger partial charge in [0, 0.05) is 18.7 Å². The van der Waals surface area contributed by atoms with Gasteiger partial charge in [-0.15, -0.1) is 11.3 Å². The summed E-state index contributed by atoms with van der Waals surface area (Å²) in [6, 6.07) is 12.5. The summed E-state index contributed by atoms with van der Waals surface area (Å²) in [5, 5.41) is 5.19. The van der Waals surface area contributed by atoms with Crippen LogP contribution in [0.1, 0.15) is 11.1 Å². The number of halogens is 1. The van der Waals surface area contributed by atoms with Gasteiger partial charge >= 0.3 is 0 Å². The molecule has 3 aromatic rings. The highest BCUT2D eigenvalue weighted by Gasteiger charge is 2.13. The fraction of sp³-hybridized carbons (Fsp3) is 0.133. The van der Waals surface area contributed by atoms with Crippen molar-refractivity contribution in [2.24, 2.45) is 0 Å². The Bertz CT molecular complexity index is 779. The standard InChI is InChI=1S/C15H11ClN2S/c16-12-2-1-3-13-14(12)19-15(18-13)9-4-5-10-7-17-8-11(10)6-9/h1-6,17H,7-8H2. The molecule has 2 aromatic carbocycles. The number of fused-ring (bicyclic) bond motifs is 2. The Morgan fingerprint density at radius 3 is 2.89 bits per heavy atom. The van der Waals surface area contributed by atoms with Crippen LogP contribution in [0.15, 0.2) is 36.4 Å². The Morgan fingerprint density at radius 2 is 2.00 bits per heavy atom. The van der Waals surface area contributed by atoms with Crippen LogP contribution in [0.3, 0.4) is 0 Å². The minimum absolute atomic E-state index is 0.782. The average molecular weight is 287 g/mol. The van der Waals surface area contributed by atoms with Gasteiger partial charge in [-0.2, -0.15) is 0 Å². The summed E-state index contributed by atoms with van der Waals surface area (Å²) >= 11 is 7.87. The van der Waals surface area contributed by atoms with Crippen molar-refractivity contribution in [1.82, 2.24) is 10.3 Å². The highest BCUT2D eigenvalue weighted by atomic mass is 35.5. The molecule has 2 heterocycles. The minimum Gasteiger partial charge on any atom is -0.309 e. The van der Waals surface area contributed by atoms with Crippen molar-refractivity contribution >= 4 is 33.2 Å². The highest BCUT2D eigenvalue weighted by molar-refractivity contribution is 7.22. The van der Waals surface area contributed by atoms with Gasteiger partial charge in [0.1, 0.15) is 5.01 Å². The third-order valence-electron chi connectivity index (χ3n) is 3.45.